The lowest BCUT2D eigenvalue weighted by Crippen LogP contribution is -2.09. The Kier molecular flexibility index (Phi) is 3.03. The Hall–Kier alpha value is -1.11. The first-order chi connectivity index (χ1) is 5.75. The molecule has 2 N–H and O–H groups in total. The number of nitrogens with zero attached hydrogens (tertiary/aromatic N) is 2. The Morgan fingerprint density at radius 1 is 1.75 bits per heavy atom. The van der Waals surface area contributed by atoms with E-state index in [1.807, 2.05) is 6.07 Å². The first-order valence-corrected chi connectivity index (χ1v) is 3.85. The Bertz CT molecular complexity index is 305. The van der Waals surface area contributed by atoms with Crippen molar-refractivity contribution in [2.45, 2.75) is 12.5 Å². The van der Waals surface area contributed by atoms with Gasteiger partial charge in [0.25, 0.3) is 0 Å². The summed E-state index contributed by atoms with van der Waals surface area (Å²) in [4.78, 5) is 3.87. The van der Waals surface area contributed by atoms with E-state index in [1.54, 1.807) is 18.5 Å². The van der Waals surface area contributed by atoms with Crippen molar-refractivity contribution < 1.29 is 0 Å². The molecule has 0 radical (unpaired) electrons. The molecule has 1 aromatic rings. The van der Waals surface area contributed by atoms with Crippen LogP contribution in [0.5, 0.6) is 0 Å². The minimum Gasteiger partial charge on any atom is -0.323 e. The van der Waals surface area contributed by atoms with E-state index in [-0.39, 0.29) is 12.5 Å². The van der Waals surface area contributed by atoms with Crippen LogP contribution in [0.2, 0.25) is 5.02 Å². The van der Waals surface area contributed by atoms with Crippen LogP contribution in [0, 0.1) is 11.3 Å². The van der Waals surface area contributed by atoms with E-state index in [2.05, 4.69) is 4.98 Å². The third-order valence-electron chi connectivity index (χ3n) is 1.51. The van der Waals surface area contributed by atoms with Crippen LogP contribution in [0.3, 0.4) is 0 Å². The van der Waals surface area contributed by atoms with Crippen molar-refractivity contribution in [3.63, 3.8) is 0 Å². The summed E-state index contributed by atoms with van der Waals surface area (Å²) >= 11 is 5.83. The number of aromatic nitrogens is 1. The molecule has 1 aromatic heterocycles. The molecule has 0 unspecified atom stereocenters. The first-order valence-electron chi connectivity index (χ1n) is 3.47. The lowest BCUT2D eigenvalue weighted by Gasteiger charge is -2.07. The summed E-state index contributed by atoms with van der Waals surface area (Å²) in [7, 11) is 0. The van der Waals surface area contributed by atoms with Gasteiger partial charge in [-0.15, -0.1) is 0 Å². The zero-order valence-corrected chi connectivity index (χ0v) is 7.12. The molecule has 0 aliphatic heterocycles. The van der Waals surface area contributed by atoms with Crippen LogP contribution in [0.4, 0.5) is 0 Å². The first kappa shape index (κ1) is 8.98. The van der Waals surface area contributed by atoms with E-state index < -0.39 is 0 Å². The van der Waals surface area contributed by atoms with Crippen LogP contribution >= 0.6 is 11.6 Å². The van der Waals surface area contributed by atoms with Crippen molar-refractivity contribution in [3.05, 3.63) is 29.0 Å². The third kappa shape index (κ3) is 1.94. The number of hydrogen-bond acceptors (Lipinski definition) is 3. The van der Waals surface area contributed by atoms with Gasteiger partial charge in [0.1, 0.15) is 0 Å². The van der Waals surface area contributed by atoms with Gasteiger partial charge in [-0.3, -0.25) is 4.98 Å². The lowest BCUT2D eigenvalue weighted by molar-refractivity contribution is 0.744. The molecule has 0 saturated heterocycles. The van der Waals surface area contributed by atoms with Gasteiger partial charge in [0.2, 0.25) is 0 Å². The molecule has 0 aliphatic rings. The van der Waals surface area contributed by atoms with Crippen molar-refractivity contribution in [1.29, 1.82) is 5.26 Å². The number of nitriles is 1. The fourth-order valence-electron chi connectivity index (χ4n) is 0.871. The zero-order valence-electron chi connectivity index (χ0n) is 6.37. The average molecular weight is 182 g/mol. The summed E-state index contributed by atoms with van der Waals surface area (Å²) < 4.78 is 0. The molecule has 12 heavy (non-hydrogen) atoms. The molecule has 0 aromatic carbocycles. The molecule has 0 saturated carbocycles. The Labute approximate surface area is 75.8 Å². The van der Waals surface area contributed by atoms with Crippen molar-refractivity contribution in [2.24, 2.45) is 5.73 Å². The van der Waals surface area contributed by atoms with Crippen LogP contribution in [0.25, 0.3) is 0 Å². The molecule has 0 fully saturated rings. The highest BCUT2D eigenvalue weighted by Crippen LogP contribution is 2.21. The number of nitrogens with two attached hydrogens (primary N) is 1. The van der Waals surface area contributed by atoms with E-state index in [9.17, 15) is 0 Å². The second-order valence-corrected chi connectivity index (χ2v) is 2.77. The summed E-state index contributed by atoms with van der Waals surface area (Å²) in [6.07, 6.45) is 3.43. The van der Waals surface area contributed by atoms with Gasteiger partial charge in [0.05, 0.1) is 12.5 Å². The van der Waals surface area contributed by atoms with Gasteiger partial charge in [-0.2, -0.15) is 5.26 Å². The van der Waals surface area contributed by atoms with Gasteiger partial charge in [-0.05, 0) is 6.07 Å². The molecule has 0 aliphatic carbocycles. The summed E-state index contributed by atoms with van der Waals surface area (Å²) in [5.41, 5.74) is 6.38. The maximum atomic E-state index is 8.40. The maximum absolute atomic E-state index is 8.40. The van der Waals surface area contributed by atoms with E-state index in [1.165, 1.54) is 0 Å². The SMILES string of the molecule is N#CC[C@@H](N)c1cnccc1Cl. The van der Waals surface area contributed by atoms with E-state index >= 15 is 0 Å². The molecule has 62 valence electrons. The fourth-order valence-corrected chi connectivity index (χ4v) is 1.12. The summed E-state index contributed by atoms with van der Waals surface area (Å²) in [5, 5.41) is 8.96. The molecule has 1 heterocycles. The molecule has 0 bridgehead atoms. The Balaban J connectivity index is 2.88. The molecule has 0 amide bonds. The predicted octanol–water partition coefficient (Wildman–Crippen LogP) is 1.65. The smallest absolute Gasteiger partial charge is 0.0641 e. The van der Waals surface area contributed by atoms with Gasteiger partial charge in [-0.1, -0.05) is 11.6 Å². The largest absolute Gasteiger partial charge is 0.323 e. The van der Waals surface area contributed by atoms with Crippen LogP contribution < -0.4 is 5.73 Å². The highest BCUT2D eigenvalue weighted by Gasteiger charge is 2.08. The van der Waals surface area contributed by atoms with Crippen molar-refractivity contribution in [3.8, 4) is 6.07 Å². The lowest BCUT2D eigenvalue weighted by atomic mass is 10.1. The van der Waals surface area contributed by atoms with Gasteiger partial charge in [0, 0.05) is 29.0 Å². The highest BCUT2D eigenvalue weighted by molar-refractivity contribution is 6.31. The average Bonchev–Trinajstić information content (AvgIpc) is 2.05. The molecular formula is C8H8ClN3. The highest BCUT2D eigenvalue weighted by atomic mass is 35.5. The van der Waals surface area contributed by atoms with E-state index in [4.69, 9.17) is 22.6 Å². The normalized spacial score (nSPS) is 12.1. The number of hydrogen-bond donors (Lipinski definition) is 1. The third-order valence-corrected chi connectivity index (χ3v) is 1.85. The standard InChI is InChI=1S/C8H8ClN3/c9-7-2-4-12-5-6(7)8(11)1-3-10/h2,4-5,8H,1,11H2/t8-/m1/s1. The molecule has 4 heteroatoms. The van der Waals surface area contributed by atoms with Crippen LogP contribution in [0.15, 0.2) is 18.5 Å². The van der Waals surface area contributed by atoms with Gasteiger partial charge in [0.15, 0.2) is 0 Å². The van der Waals surface area contributed by atoms with E-state index in [0.29, 0.717) is 5.02 Å². The molecule has 1 atom stereocenters. The molecule has 3 nitrogen and oxygen atoms in total. The van der Waals surface area contributed by atoms with E-state index in [0.717, 1.165) is 5.56 Å². The topological polar surface area (TPSA) is 62.7 Å². The molecule has 0 spiro atoms. The zero-order chi connectivity index (χ0) is 8.97. The minimum absolute atomic E-state index is 0.255. The van der Waals surface area contributed by atoms with Gasteiger partial charge >= 0.3 is 0 Å². The Morgan fingerprint density at radius 2 is 2.50 bits per heavy atom. The quantitative estimate of drug-likeness (QED) is 0.755. The van der Waals surface area contributed by atoms with Crippen molar-refractivity contribution in [1.82, 2.24) is 4.98 Å². The predicted molar refractivity (Wildman–Crippen MR) is 46.4 cm³/mol. The second kappa shape index (κ2) is 4.05. The maximum Gasteiger partial charge on any atom is 0.0641 e. The van der Waals surface area contributed by atoms with Gasteiger partial charge in [-0.25, -0.2) is 0 Å². The second-order valence-electron chi connectivity index (χ2n) is 2.37. The van der Waals surface area contributed by atoms with Crippen LogP contribution in [-0.4, -0.2) is 4.98 Å². The van der Waals surface area contributed by atoms with Crippen LogP contribution in [0.1, 0.15) is 18.0 Å². The van der Waals surface area contributed by atoms with Crippen LogP contribution in [-0.2, 0) is 0 Å². The monoisotopic (exact) mass is 181 g/mol. The summed E-state index contributed by atoms with van der Waals surface area (Å²) in [6.45, 7) is 0. The van der Waals surface area contributed by atoms with Crippen molar-refractivity contribution >= 4 is 11.6 Å². The Morgan fingerprint density at radius 3 is 3.08 bits per heavy atom. The van der Waals surface area contributed by atoms with Crippen molar-refractivity contribution in [2.75, 3.05) is 0 Å². The van der Waals surface area contributed by atoms with Gasteiger partial charge < -0.3 is 5.73 Å². The number of rotatable bonds is 2. The number of pyridine rings is 1. The molecular weight excluding hydrogens is 174 g/mol. The fraction of sp³-hybridized carbons (Fsp3) is 0.250. The summed E-state index contributed by atoms with van der Waals surface area (Å²) in [5.74, 6) is 0. The summed E-state index contributed by atoms with van der Waals surface area (Å²) in [6, 6.07) is 3.31. The molecule has 1 rings (SSSR count). The minimum atomic E-state index is -0.337. The number of halogens is 1.